The molecule has 0 saturated heterocycles. The van der Waals surface area contributed by atoms with Crippen LogP contribution in [0.2, 0.25) is 0 Å². The molecule has 198 valence electrons. The number of carbonyl (C=O) groups is 1. The van der Waals surface area contributed by atoms with Gasteiger partial charge in [-0.05, 0) is 36.4 Å². The normalized spacial score (nSPS) is 12.7. The van der Waals surface area contributed by atoms with Crippen LogP contribution in [0.4, 0.5) is 26.3 Å². The van der Waals surface area contributed by atoms with E-state index < -0.39 is 60.6 Å². The zero-order chi connectivity index (χ0) is 27.4. The minimum atomic E-state index is -4.78. The van der Waals surface area contributed by atoms with Gasteiger partial charge in [-0.1, -0.05) is 6.58 Å². The van der Waals surface area contributed by atoms with E-state index in [9.17, 15) is 35.9 Å². The molecule has 1 aromatic heterocycles. The third-order valence-electron chi connectivity index (χ3n) is 5.16. The summed E-state index contributed by atoms with van der Waals surface area (Å²) in [5.74, 6) is -2.14. The summed E-state index contributed by atoms with van der Waals surface area (Å²) >= 11 is 0. The first-order valence-corrected chi connectivity index (χ1v) is 10.6. The van der Waals surface area contributed by atoms with Crippen LogP contribution in [0.25, 0.3) is 22.1 Å². The van der Waals surface area contributed by atoms with Crippen molar-refractivity contribution in [3.8, 4) is 22.6 Å². The fourth-order valence-corrected chi connectivity index (χ4v) is 3.46. The van der Waals surface area contributed by atoms with Crippen LogP contribution in [-0.4, -0.2) is 32.5 Å². The number of hydrogen-bond acceptors (Lipinski definition) is 6. The summed E-state index contributed by atoms with van der Waals surface area (Å²) in [5, 5.41) is 0.248. The number of benzene rings is 2. The molecule has 0 bridgehead atoms. The van der Waals surface area contributed by atoms with Crippen molar-refractivity contribution in [3.05, 3.63) is 71.1 Å². The standard InChI is InChI=1S/C25H20F6O6/c1-3-22(32)36-13-14(11-24(26,27)28)12-35-17-5-4-15-8-19(23(33)37-21(15)10-17)18-7-6-16(34-2)9-20(18)25(29,30)31/h3-10,14H,1,11-13H2,2H3. The maximum absolute atomic E-state index is 13.6. The number of alkyl halides is 6. The van der Waals surface area contributed by atoms with E-state index in [0.717, 1.165) is 18.2 Å². The largest absolute Gasteiger partial charge is 0.497 e. The van der Waals surface area contributed by atoms with Gasteiger partial charge < -0.3 is 18.6 Å². The second-order valence-electron chi connectivity index (χ2n) is 7.89. The molecular formula is C25H20F6O6. The Kier molecular flexibility index (Phi) is 8.19. The van der Waals surface area contributed by atoms with Crippen LogP contribution >= 0.6 is 0 Å². The highest BCUT2D eigenvalue weighted by atomic mass is 19.4. The van der Waals surface area contributed by atoms with Crippen molar-refractivity contribution in [1.82, 2.24) is 0 Å². The topological polar surface area (TPSA) is 75.0 Å². The minimum absolute atomic E-state index is 0.0334. The van der Waals surface area contributed by atoms with Crippen LogP contribution in [0.5, 0.6) is 11.5 Å². The van der Waals surface area contributed by atoms with Gasteiger partial charge in [0.15, 0.2) is 0 Å². The Morgan fingerprint density at radius 3 is 2.32 bits per heavy atom. The van der Waals surface area contributed by atoms with Gasteiger partial charge in [0.1, 0.15) is 17.1 Å². The van der Waals surface area contributed by atoms with Crippen molar-refractivity contribution < 1.29 is 49.8 Å². The summed E-state index contributed by atoms with van der Waals surface area (Å²) < 4.78 is 99.6. The number of fused-ring (bicyclic) bond motifs is 1. The summed E-state index contributed by atoms with van der Waals surface area (Å²) in [6.07, 6.45) is -9.80. The Morgan fingerprint density at radius 1 is 1.00 bits per heavy atom. The smallest absolute Gasteiger partial charge is 0.417 e. The molecule has 0 amide bonds. The SMILES string of the molecule is C=CC(=O)OCC(COc1ccc2cc(-c3ccc(OC)cc3C(F)(F)F)c(=O)oc2c1)CC(F)(F)F. The Balaban J connectivity index is 1.88. The monoisotopic (exact) mass is 530 g/mol. The Labute approximate surface area is 206 Å². The van der Waals surface area contributed by atoms with Crippen LogP contribution in [0.1, 0.15) is 12.0 Å². The molecule has 3 rings (SSSR count). The third-order valence-corrected chi connectivity index (χ3v) is 5.16. The van der Waals surface area contributed by atoms with E-state index in [4.69, 9.17) is 18.6 Å². The zero-order valence-corrected chi connectivity index (χ0v) is 19.2. The van der Waals surface area contributed by atoms with Gasteiger partial charge in [0, 0.05) is 29.0 Å². The van der Waals surface area contributed by atoms with Crippen molar-refractivity contribution in [1.29, 1.82) is 0 Å². The molecule has 0 fully saturated rings. The molecule has 0 spiro atoms. The van der Waals surface area contributed by atoms with Gasteiger partial charge in [0.05, 0.1) is 37.9 Å². The first-order valence-electron chi connectivity index (χ1n) is 10.6. The van der Waals surface area contributed by atoms with Gasteiger partial charge in [-0.25, -0.2) is 9.59 Å². The summed E-state index contributed by atoms with van der Waals surface area (Å²) in [6, 6.07) is 8.30. The van der Waals surface area contributed by atoms with E-state index in [0.29, 0.717) is 0 Å². The Morgan fingerprint density at radius 2 is 1.70 bits per heavy atom. The molecule has 12 heteroatoms. The lowest BCUT2D eigenvalue weighted by Gasteiger charge is -2.19. The summed E-state index contributed by atoms with van der Waals surface area (Å²) in [4.78, 5) is 23.8. The molecule has 0 aliphatic heterocycles. The lowest BCUT2D eigenvalue weighted by Crippen LogP contribution is -2.25. The van der Waals surface area contributed by atoms with Crippen molar-refractivity contribution in [3.63, 3.8) is 0 Å². The molecule has 2 aromatic carbocycles. The van der Waals surface area contributed by atoms with E-state index in [1.165, 1.54) is 37.4 Å². The van der Waals surface area contributed by atoms with Crippen molar-refractivity contribution >= 4 is 16.9 Å². The average Bonchev–Trinajstić information content (AvgIpc) is 2.83. The van der Waals surface area contributed by atoms with Crippen molar-refractivity contribution in [2.24, 2.45) is 5.92 Å². The highest BCUT2D eigenvalue weighted by Gasteiger charge is 2.35. The first-order chi connectivity index (χ1) is 17.3. The fourth-order valence-electron chi connectivity index (χ4n) is 3.46. The van der Waals surface area contributed by atoms with E-state index in [1.807, 2.05) is 0 Å². The lowest BCUT2D eigenvalue weighted by atomic mass is 9.99. The predicted molar refractivity (Wildman–Crippen MR) is 120 cm³/mol. The van der Waals surface area contributed by atoms with Crippen molar-refractivity contribution in [2.45, 2.75) is 18.8 Å². The molecule has 1 heterocycles. The number of hydrogen-bond donors (Lipinski definition) is 0. The van der Waals surface area contributed by atoms with Gasteiger partial charge in [-0.2, -0.15) is 26.3 Å². The minimum Gasteiger partial charge on any atom is -0.497 e. The van der Waals surface area contributed by atoms with E-state index in [1.54, 1.807) is 0 Å². The Hall–Kier alpha value is -3.96. The molecule has 0 radical (unpaired) electrons. The molecule has 1 unspecified atom stereocenters. The number of ether oxygens (including phenoxy) is 3. The molecule has 0 aliphatic carbocycles. The zero-order valence-electron chi connectivity index (χ0n) is 19.2. The van der Waals surface area contributed by atoms with Gasteiger partial charge in [0.2, 0.25) is 0 Å². The van der Waals surface area contributed by atoms with E-state index in [-0.39, 0.29) is 28.0 Å². The number of methoxy groups -OCH3 is 1. The van der Waals surface area contributed by atoms with E-state index in [2.05, 4.69) is 6.58 Å². The van der Waals surface area contributed by atoms with Crippen LogP contribution in [-0.2, 0) is 15.7 Å². The maximum atomic E-state index is 13.6. The molecule has 6 nitrogen and oxygen atoms in total. The number of esters is 1. The number of halogens is 6. The van der Waals surface area contributed by atoms with Crippen molar-refractivity contribution in [2.75, 3.05) is 20.3 Å². The van der Waals surface area contributed by atoms with E-state index >= 15 is 0 Å². The van der Waals surface area contributed by atoms with Crippen LogP contribution in [0.15, 0.2) is 64.3 Å². The average molecular weight is 530 g/mol. The van der Waals surface area contributed by atoms with Gasteiger partial charge in [0.25, 0.3) is 0 Å². The second kappa shape index (κ2) is 11.0. The molecule has 0 saturated carbocycles. The Bertz CT molecular complexity index is 1340. The van der Waals surface area contributed by atoms with Gasteiger partial charge in [-0.15, -0.1) is 0 Å². The summed E-state index contributed by atoms with van der Waals surface area (Å²) in [6.45, 7) is 2.11. The van der Waals surface area contributed by atoms with Crippen LogP contribution in [0.3, 0.4) is 0 Å². The first kappa shape index (κ1) is 27.6. The van der Waals surface area contributed by atoms with Gasteiger partial charge in [-0.3, -0.25) is 0 Å². The molecule has 1 atom stereocenters. The second-order valence-corrected chi connectivity index (χ2v) is 7.89. The third kappa shape index (κ3) is 7.28. The fraction of sp³-hybridized carbons (Fsp3) is 0.280. The highest BCUT2D eigenvalue weighted by Crippen LogP contribution is 2.39. The number of carbonyl (C=O) groups excluding carboxylic acids is 1. The van der Waals surface area contributed by atoms with Crippen LogP contribution in [0, 0.1) is 5.92 Å². The predicted octanol–water partition coefficient (Wildman–Crippen LogP) is 6.16. The van der Waals surface area contributed by atoms with Crippen LogP contribution < -0.4 is 15.1 Å². The molecule has 3 aromatic rings. The lowest BCUT2D eigenvalue weighted by molar-refractivity contribution is -0.157. The number of rotatable bonds is 9. The highest BCUT2D eigenvalue weighted by molar-refractivity contribution is 5.83. The quantitative estimate of drug-likeness (QED) is 0.143. The molecular weight excluding hydrogens is 510 g/mol. The maximum Gasteiger partial charge on any atom is 0.417 e. The molecule has 0 aliphatic rings. The molecule has 37 heavy (non-hydrogen) atoms. The summed E-state index contributed by atoms with van der Waals surface area (Å²) in [5.41, 5.74) is -2.96. The molecule has 0 N–H and O–H groups in total. The van der Waals surface area contributed by atoms with Gasteiger partial charge >= 0.3 is 23.9 Å². The summed E-state index contributed by atoms with van der Waals surface area (Å²) in [7, 11) is 1.21.